The molecule has 138 valence electrons. The number of aliphatic hydroxyl groups excluding tert-OH is 8. The fraction of sp³-hybridized carbons (Fsp3) is 1.00. The van der Waals surface area contributed by atoms with Crippen LogP contribution in [0.3, 0.4) is 0 Å². The summed E-state index contributed by atoms with van der Waals surface area (Å²) in [5.74, 6) is 0. The van der Waals surface area contributed by atoms with Gasteiger partial charge in [-0.3, -0.25) is 0 Å². The van der Waals surface area contributed by atoms with Crippen LogP contribution < -0.4 is 0 Å². The predicted octanol–water partition coefficient (Wildman–Crippen LogP) is -2.87. The minimum absolute atomic E-state index is 1.02. The Labute approximate surface area is 129 Å². The molecule has 0 aromatic heterocycles. The molecule has 0 atom stereocenters. The molecule has 0 amide bonds. The molecule has 0 aromatic rings. The molecule has 0 rings (SSSR count). The van der Waals surface area contributed by atoms with Gasteiger partial charge in [0.1, 0.15) is 0 Å². The van der Waals surface area contributed by atoms with E-state index in [1.165, 1.54) is 0 Å². The molecule has 0 aliphatic heterocycles. The number of hydrogen-bond donors (Lipinski definition) is 8. The summed E-state index contributed by atoms with van der Waals surface area (Å²) in [7, 11) is 0. The Balaban J connectivity index is 5.54. The van der Waals surface area contributed by atoms with Crippen LogP contribution in [0.5, 0.6) is 0 Å². The summed E-state index contributed by atoms with van der Waals surface area (Å²) < 4.78 is 21.8. The van der Waals surface area contributed by atoms with Gasteiger partial charge >= 0.3 is 129 Å². The number of rotatable bonds is 12. The van der Waals surface area contributed by atoms with E-state index in [4.69, 9.17) is 7.94 Å². The van der Waals surface area contributed by atoms with Crippen LogP contribution in [0.25, 0.3) is 0 Å². The van der Waals surface area contributed by atoms with Crippen molar-refractivity contribution in [1.29, 1.82) is 0 Å². The van der Waals surface area contributed by atoms with Crippen molar-refractivity contribution in [2.45, 2.75) is 0 Å². The predicted molar refractivity (Wildman–Crippen MR) is 80.8 cm³/mol. The average Bonchev–Trinajstić information content (AvgIpc) is 2.59. The molecule has 0 bridgehead atoms. The van der Waals surface area contributed by atoms with Crippen LogP contribution in [0, 0.1) is 0 Å². The van der Waals surface area contributed by atoms with E-state index < -0.39 is 75.8 Å². The van der Waals surface area contributed by atoms with Crippen molar-refractivity contribution in [3.8, 4) is 0 Å². The van der Waals surface area contributed by atoms with Crippen molar-refractivity contribution >= 4 is 25.0 Å². The summed E-state index contributed by atoms with van der Waals surface area (Å²) in [6.07, 6.45) is -8.14. The topological polar surface area (TPSA) is 197 Å². The van der Waals surface area contributed by atoms with Gasteiger partial charge in [-0.2, -0.15) is 0 Å². The third-order valence-corrected chi connectivity index (χ3v) is 13.5. The standard InChI is InChI=1S/C8H24O11P2S/c9-1-20(2-10,3-11,4-12)18-22(17)19-21(5-13,6-14,7-15)8-16/h9-16H,1-8H2. The molecular weight excluding hydrogens is 366 g/mol. The van der Waals surface area contributed by atoms with Gasteiger partial charge in [-0.1, -0.05) is 0 Å². The van der Waals surface area contributed by atoms with Crippen LogP contribution in [-0.4, -0.2) is 95.8 Å². The first kappa shape index (κ1) is 22.6. The van der Waals surface area contributed by atoms with Crippen molar-refractivity contribution in [3.63, 3.8) is 0 Å². The summed E-state index contributed by atoms with van der Waals surface area (Å²) in [5.41, 5.74) is 0. The van der Waals surface area contributed by atoms with Gasteiger partial charge in [0.25, 0.3) is 0 Å². The third kappa shape index (κ3) is 3.98. The molecule has 0 aromatic carbocycles. The second-order valence-electron chi connectivity index (χ2n) is 5.20. The van der Waals surface area contributed by atoms with E-state index in [2.05, 4.69) is 0 Å². The van der Waals surface area contributed by atoms with Gasteiger partial charge in [-0.15, -0.1) is 0 Å². The van der Waals surface area contributed by atoms with E-state index in [9.17, 15) is 45.1 Å². The molecule has 0 fully saturated rings. The Hall–Kier alpha value is 0.610. The van der Waals surface area contributed by atoms with E-state index in [1.807, 2.05) is 0 Å². The van der Waals surface area contributed by atoms with E-state index in [0.717, 1.165) is 0 Å². The Morgan fingerprint density at radius 1 is 0.545 bits per heavy atom. The molecule has 0 saturated carbocycles. The van der Waals surface area contributed by atoms with Crippen LogP contribution in [-0.2, 0) is 19.3 Å². The second-order valence-corrected chi connectivity index (χ2v) is 16.5. The molecule has 0 aliphatic rings. The normalized spacial score (nSPS) is 18.2. The quantitative estimate of drug-likeness (QED) is 0.159. The van der Waals surface area contributed by atoms with Crippen LogP contribution in [0.15, 0.2) is 0 Å². The zero-order valence-corrected chi connectivity index (χ0v) is 14.4. The summed E-state index contributed by atoms with van der Waals surface area (Å²) in [6, 6.07) is 0. The molecule has 0 unspecified atom stereocenters. The zero-order chi connectivity index (χ0) is 17.5. The summed E-state index contributed by atoms with van der Waals surface area (Å²) in [4.78, 5) is 0. The molecular formula is C8H24O11P2S. The summed E-state index contributed by atoms with van der Waals surface area (Å²) in [6.45, 7) is -8.95. The van der Waals surface area contributed by atoms with Crippen LogP contribution >= 0.6 is 13.7 Å². The van der Waals surface area contributed by atoms with Crippen LogP contribution in [0.4, 0.5) is 0 Å². The van der Waals surface area contributed by atoms with Gasteiger partial charge in [-0.05, 0) is 0 Å². The third-order valence-electron chi connectivity index (χ3n) is 3.41. The van der Waals surface area contributed by atoms with Gasteiger partial charge in [0.2, 0.25) is 0 Å². The molecule has 11 nitrogen and oxygen atoms in total. The molecule has 0 radical (unpaired) electrons. The summed E-state index contributed by atoms with van der Waals surface area (Å²) in [5, 5.41) is 74.7. The fourth-order valence-corrected chi connectivity index (χ4v) is 6.77. The van der Waals surface area contributed by atoms with Crippen molar-refractivity contribution < 1.29 is 53.0 Å². The van der Waals surface area contributed by atoms with E-state index in [-0.39, 0.29) is 0 Å². The first-order chi connectivity index (χ1) is 10.2. The van der Waals surface area contributed by atoms with Crippen molar-refractivity contribution in [2.24, 2.45) is 0 Å². The van der Waals surface area contributed by atoms with Gasteiger partial charge < -0.3 is 0 Å². The van der Waals surface area contributed by atoms with Crippen molar-refractivity contribution in [1.82, 2.24) is 0 Å². The van der Waals surface area contributed by atoms with E-state index in [1.54, 1.807) is 0 Å². The average molecular weight is 390 g/mol. The summed E-state index contributed by atoms with van der Waals surface area (Å²) >= 11 is -2.90. The number of aliphatic hydroxyl groups is 8. The molecule has 22 heavy (non-hydrogen) atoms. The Kier molecular flexibility index (Phi) is 8.35. The first-order valence-electron chi connectivity index (χ1n) is 5.92. The maximum atomic E-state index is 12.0. The minimum atomic E-state index is -4.48. The Morgan fingerprint density at radius 3 is 0.864 bits per heavy atom. The molecule has 0 saturated heterocycles. The Morgan fingerprint density at radius 2 is 0.727 bits per heavy atom. The van der Waals surface area contributed by atoms with E-state index >= 15 is 0 Å². The van der Waals surface area contributed by atoms with Gasteiger partial charge in [0.15, 0.2) is 0 Å². The maximum absolute atomic E-state index is 12.0. The Bertz CT molecular complexity index is 305. The van der Waals surface area contributed by atoms with E-state index in [0.29, 0.717) is 0 Å². The van der Waals surface area contributed by atoms with Gasteiger partial charge in [-0.25, -0.2) is 0 Å². The fourth-order valence-electron chi connectivity index (χ4n) is 1.08. The van der Waals surface area contributed by atoms with Gasteiger partial charge in [0.05, 0.1) is 0 Å². The second kappa shape index (κ2) is 8.13. The molecule has 14 heteroatoms. The van der Waals surface area contributed by atoms with Crippen molar-refractivity contribution in [3.05, 3.63) is 0 Å². The molecule has 0 spiro atoms. The molecule has 0 heterocycles. The molecule has 0 aliphatic carbocycles. The zero-order valence-electron chi connectivity index (χ0n) is 11.8. The monoisotopic (exact) mass is 390 g/mol. The number of hydrogen-bond acceptors (Lipinski definition) is 11. The van der Waals surface area contributed by atoms with Crippen molar-refractivity contribution in [2.75, 3.05) is 50.8 Å². The first-order valence-corrected chi connectivity index (χ1v) is 12.7. The van der Waals surface area contributed by atoms with Crippen LogP contribution in [0.2, 0.25) is 0 Å². The van der Waals surface area contributed by atoms with Crippen LogP contribution in [0.1, 0.15) is 0 Å². The van der Waals surface area contributed by atoms with Gasteiger partial charge in [0, 0.05) is 0 Å². The SMILES string of the molecule is O=S(OP(CO)(CO)(CO)CO)OP(CO)(CO)(CO)CO. The molecule has 8 N–H and O–H groups in total.